The van der Waals surface area contributed by atoms with E-state index < -0.39 is 6.10 Å². The summed E-state index contributed by atoms with van der Waals surface area (Å²) >= 11 is 1.44. The Morgan fingerprint density at radius 1 is 1.30 bits per heavy atom. The van der Waals surface area contributed by atoms with Crippen molar-refractivity contribution in [3.63, 3.8) is 0 Å². The van der Waals surface area contributed by atoms with Crippen molar-refractivity contribution in [1.29, 1.82) is 0 Å². The summed E-state index contributed by atoms with van der Waals surface area (Å²) in [6.45, 7) is 0.354. The summed E-state index contributed by atoms with van der Waals surface area (Å²) in [5.74, 6) is 0.614. The van der Waals surface area contributed by atoms with Crippen LogP contribution in [0.5, 0.6) is 0 Å². The molecule has 1 unspecified atom stereocenters. The Kier molecular flexibility index (Phi) is 5.51. The molecule has 1 aliphatic rings. The molecule has 1 fully saturated rings. The number of carbonyl (C=O) groups is 1. The van der Waals surface area contributed by atoms with Crippen molar-refractivity contribution < 1.29 is 9.90 Å². The van der Waals surface area contributed by atoms with Crippen LogP contribution in [-0.4, -0.2) is 34.4 Å². The highest BCUT2D eigenvalue weighted by molar-refractivity contribution is 8.00. The average molecular weight is 330 g/mol. The number of hydrogen-bond acceptors (Lipinski definition) is 4. The van der Waals surface area contributed by atoms with Gasteiger partial charge in [-0.15, -0.1) is 0 Å². The lowest BCUT2D eigenvalue weighted by molar-refractivity contribution is -0.119. The topological polar surface area (TPSA) is 62.2 Å². The highest BCUT2D eigenvalue weighted by Gasteiger charge is 2.23. The fourth-order valence-electron chi connectivity index (χ4n) is 3.12. The first-order chi connectivity index (χ1) is 11.2. The molecular weight excluding hydrogens is 308 g/mol. The molecule has 1 saturated carbocycles. The molecule has 122 valence electrons. The van der Waals surface area contributed by atoms with Gasteiger partial charge in [-0.2, -0.15) is 0 Å². The molecule has 1 atom stereocenters. The number of aromatic nitrogens is 1. The van der Waals surface area contributed by atoms with Crippen LogP contribution in [0.1, 0.15) is 25.7 Å². The van der Waals surface area contributed by atoms with Gasteiger partial charge >= 0.3 is 0 Å². The van der Waals surface area contributed by atoms with Gasteiger partial charge in [0.1, 0.15) is 5.03 Å². The number of nitrogens with one attached hydrogen (secondary N) is 1. The van der Waals surface area contributed by atoms with Crippen LogP contribution in [0.15, 0.2) is 41.6 Å². The van der Waals surface area contributed by atoms with Crippen molar-refractivity contribution in [2.45, 2.75) is 36.8 Å². The Labute approximate surface area is 140 Å². The Bertz CT molecular complexity index is 666. The predicted octanol–water partition coefficient (Wildman–Crippen LogP) is 2.99. The zero-order chi connectivity index (χ0) is 16.1. The molecule has 0 spiro atoms. The summed E-state index contributed by atoms with van der Waals surface area (Å²) in [5.41, 5.74) is 0. The van der Waals surface area contributed by atoms with Crippen LogP contribution in [0.4, 0.5) is 0 Å². The van der Waals surface area contributed by atoms with E-state index in [-0.39, 0.29) is 5.91 Å². The molecule has 2 N–H and O–H groups in total. The molecule has 0 saturated heterocycles. The van der Waals surface area contributed by atoms with Crippen molar-refractivity contribution in [3.8, 4) is 0 Å². The minimum absolute atomic E-state index is 0.0539. The van der Waals surface area contributed by atoms with Gasteiger partial charge in [0, 0.05) is 18.1 Å². The first kappa shape index (κ1) is 16.3. The van der Waals surface area contributed by atoms with Crippen LogP contribution in [0, 0.1) is 5.92 Å². The fraction of sp³-hybridized carbons (Fsp3) is 0.444. The number of aliphatic hydroxyl groups is 1. The Hall–Kier alpha value is -1.59. The van der Waals surface area contributed by atoms with Gasteiger partial charge in [-0.1, -0.05) is 48.9 Å². The lowest BCUT2D eigenvalue weighted by Gasteiger charge is -2.17. The van der Waals surface area contributed by atoms with Crippen molar-refractivity contribution in [1.82, 2.24) is 10.3 Å². The maximum absolute atomic E-state index is 12.0. The number of carbonyl (C=O) groups excluding carboxylic acids is 1. The van der Waals surface area contributed by atoms with E-state index in [1.165, 1.54) is 24.6 Å². The fourth-order valence-corrected chi connectivity index (χ4v) is 3.97. The second-order valence-corrected chi connectivity index (χ2v) is 7.01. The summed E-state index contributed by atoms with van der Waals surface area (Å²) in [4.78, 5) is 16.4. The summed E-state index contributed by atoms with van der Waals surface area (Å²) in [5, 5.41) is 16.0. The summed E-state index contributed by atoms with van der Waals surface area (Å²) in [7, 11) is 0. The normalized spacial score (nSPS) is 16.6. The number of amides is 1. The van der Waals surface area contributed by atoms with Gasteiger partial charge in [-0.05, 0) is 30.2 Å². The van der Waals surface area contributed by atoms with Gasteiger partial charge < -0.3 is 10.4 Å². The Balaban J connectivity index is 1.50. The number of thioether (sulfide) groups is 1. The standard InChI is InChI=1S/C18H22N2O2S/c21-16(14-6-1-2-7-14)11-20-17(22)12-23-18-15-8-4-3-5-13(15)9-10-19-18/h3-5,8-10,14,16,21H,1-2,6-7,11-12H2,(H,20,22). The van der Waals surface area contributed by atoms with Gasteiger partial charge in [0.2, 0.25) is 5.91 Å². The van der Waals surface area contributed by atoms with E-state index in [0.29, 0.717) is 18.2 Å². The summed E-state index contributed by atoms with van der Waals surface area (Å²) in [6.07, 6.45) is 5.89. The van der Waals surface area contributed by atoms with Gasteiger partial charge in [0.15, 0.2) is 0 Å². The first-order valence-corrected chi connectivity index (χ1v) is 9.14. The van der Waals surface area contributed by atoms with Gasteiger partial charge in [0.25, 0.3) is 0 Å². The zero-order valence-electron chi connectivity index (χ0n) is 13.1. The number of fused-ring (bicyclic) bond motifs is 1. The molecule has 4 nitrogen and oxygen atoms in total. The number of hydrogen-bond donors (Lipinski definition) is 2. The van der Waals surface area contributed by atoms with Crippen molar-refractivity contribution >= 4 is 28.4 Å². The van der Waals surface area contributed by atoms with E-state index in [0.717, 1.165) is 28.6 Å². The molecule has 1 heterocycles. The molecular formula is C18H22N2O2S. The lowest BCUT2D eigenvalue weighted by Crippen LogP contribution is -2.36. The summed E-state index contributed by atoms with van der Waals surface area (Å²) in [6, 6.07) is 10.0. The van der Waals surface area contributed by atoms with E-state index in [9.17, 15) is 9.90 Å². The van der Waals surface area contributed by atoms with Crippen molar-refractivity contribution in [2.75, 3.05) is 12.3 Å². The van der Waals surface area contributed by atoms with E-state index in [2.05, 4.69) is 10.3 Å². The lowest BCUT2D eigenvalue weighted by atomic mass is 10.0. The number of nitrogens with zero attached hydrogens (tertiary/aromatic N) is 1. The van der Waals surface area contributed by atoms with E-state index in [4.69, 9.17) is 0 Å². The van der Waals surface area contributed by atoms with Crippen LogP contribution < -0.4 is 5.32 Å². The minimum Gasteiger partial charge on any atom is -0.391 e. The molecule has 0 radical (unpaired) electrons. The van der Waals surface area contributed by atoms with Gasteiger partial charge in [-0.3, -0.25) is 4.79 Å². The number of aliphatic hydroxyl groups excluding tert-OH is 1. The smallest absolute Gasteiger partial charge is 0.230 e. The molecule has 0 aliphatic heterocycles. The second kappa shape index (κ2) is 7.79. The van der Waals surface area contributed by atoms with Gasteiger partial charge in [-0.25, -0.2) is 4.98 Å². The number of benzene rings is 1. The highest BCUT2D eigenvalue weighted by atomic mass is 32.2. The van der Waals surface area contributed by atoms with Gasteiger partial charge in [0.05, 0.1) is 11.9 Å². The van der Waals surface area contributed by atoms with Crippen LogP contribution in [0.25, 0.3) is 10.8 Å². The third-order valence-corrected chi connectivity index (χ3v) is 5.43. The van der Waals surface area contributed by atoms with Crippen LogP contribution in [-0.2, 0) is 4.79 Å². The molecule has 2 aromatic rings. The number of rotatable bonds is 6. The molecule has 1 aromatic heterocycles. The maximum Gasteiger partial charge on any atom is 0.230 e. The average Bonchev–Trinajstić information content (AvgIpc) is 3.12. The van der Waals surface area contributed by atoms with Crippen LogP contribution >= 0.6 is 11.8 Å². The second-order valence-electron chi connectivity index (χ2n) is 6.04. The first-order valence-electron chi connectivity index (χ1n) is 8.15. The minimum atomic E-state index is -0.415. The number of pyridine rings is 1. The SMILES string of the molecule is O=C(CSc1nccc2ccccc12)NCC(O)C1CCCC1. The predicted molar refractivity (Wildman–Crippen MR) is 93.4 cm³/mol. The van der Waals surface area contributed by atoms with E-state index in [1.807, 2.05) is 30.3 Å². The summed E-state index contributed by atoms with van der Waals surface area (Å²) < 4.78 is 0. The monoisotopic (exact) mass is 330 g/mol. The molecule has 0 bridgehead atoms. The zero-order valence-corrected chi connectivity index (χ0v) is 13.9. The molecule has 1 aromatic carbocycles. The molecule has 23 heavy (non-hydrogen) atoms. The van der Waals surface area contributed by atoms with Crippen molar-refractivity contribution in [3.05, 3.63) is 36.5 Å². The quantitative estimate of drug-likeness (QED) is 0.799. The Morgan fingerprint density at radius 3 is 2.91 bits per heavy atom. The third kappa shape index (κ3) is 4.24. The van der Waals surface area contributed by atoms with Crippen LogP contribution in [0.2, 0.25) is 0 Å². The molecule has 1 amide bonds. The molecule has 3 rings (SSSR count). The molecule has 5 heteroatoms. The third-order valence-electron chi connectivity index (χ3n) is 4.43. The highest BCUT2D eigenvalue weighted by Crippen LogP contribution is 2.27. The Morgan fingerprint density at radius 2 is 2.09 bits per heavy atom. The van der Waals surface area contributed by atoms with Crippen molar-refractivity contribution in [2.24, 2.45) is 5.92 Å². The largest absolute Gasteiger partial charge is 0.391 e. The maximum atomic E-state index is 12.0. The van der Waals surface area contributed by atoms with Crippen LogP contribution in [0.3, 0.4) is 0 Å². The van der Waals surface area contributed by atoms with E-state index >= 15 is 0 Å². The van der Waals surface area contributed by atoms with E-state index in [1.54, 1.807) is 6.20 Å². The molecule has 1 aliphatic carbocycles.